The SMILES string of the molecule is NC(=O)C1CCN(C(=O)c2cc[nH]c(=O)c2)CC1. The summed E-state index contributed by atoms with van der Waals surface area (Å²) in [6.07, 6.45) is 2.63. The Morgan fingerprint density at radius 2 is 2.00 bits per heavy atom. The second-order valence-corrected chi connectivity index (χ2v) is 4.41. The van der Waals surface area contributed by atoms with Crippen LogP contribution in [0.1, 0.15) is 23.2 Å². The minimum absolute atomic E-state index is 0.145. The molecule has 1 aromatic rings. The molecule has 1 aliphatic heterocycles. The van der Waals surface area contributed by atoms with Gasteiger partial charge < -0.3 is 15.6 Å². The number of nitrogens with two attached hydrogens (primary N) is 1. The Hall–Kier alpha value is -2.11. The molecule has 1 aliphatic rings. The van der Waals surface area contributed by atoms with Crippen LogP contribution in [0, 0.1) is 5.92 Å². The van der Waals surface area contributed by atoms with Crippen LogP contribution >= 0.6 is 0 Å². The predicted molar refractivity (Wildman–Crippen MR) is 64.9 cm³/mol. The molecule has 0 aromatic carbocycles. The van der Waals surface area contributed by atoms with Gasteiger partial charge in [0, 0.05) is 36.8 Å². The van der Waals surface area contributed by atoms with E-state index in [-0.39, 0.29) is 23.3 Å². The summed E-state index contributed by atoms with van der Waals surface area (Å²) < 4.78 is 0. The van der Waals surface area contributed by atoms with Crippen LogP contribution in [0.3, 0.4) is 0 Å². The molecule has 18 heavy (non-hydrogen) atoms. The van der Waals surface area contributed by atoms with Gasteiger partial charge in [-0.3, -0.25) is 14.4 Å². The fourth-order valence-corrected chi connectivity index (χ4v) is 2.13. The van der Waals surface area contributed by atoms with Crippen LogP contribution in [-0.2, 0) is 4.79 Å². The van der Waals surface area contributed by atoms with Gasteiger partial charge in [-0.1, -0.05) is 0 Å². The number of pyridine rings is 1. The highest BCUT2D eigenvalue weighted by atomic mass is 16.2. The minimum atomic E-state index is -0.307. The molecule has 6 nitrogen and oxygen atoms in total. The monoisotopic (exact) mass is 249 g/mol. The predicted octanol–water partition coefficient (Wildman–Crippen LogP) is -0.288. The van der Waals surface area contributed by atoms with E-state index in [1.54, 1.807) is 11.0 Å². The summed E-state index contributed by atoms with van der Waals surface area (Å²) in [5, 5.41) is 0. The highest BCUT2D eigenvalue weighted by Crippen LogP contribution is 2.18. The van der Waals surface area contributed by atoms with Crippen LogP contribution in [0.2, 0.25) is 0 Å². The first kappa shape index (κ1) is 12.3. The quantitative estimate of drug-likeness (QED) is 0.754. The van der Waals surface area contributed by atoms with E-state index in [0.717, 1.165) is 0 Å². The number of rotatable bonds is 2. The molecule has 6 heteroatoms. The number of primary amides is 1. The summed E-state index contributed by atoms with van der Waals surface area (Å²) in [6, 6.07) is 2.85. The summed E-state index contributed by atoms with van der Waals surface area (Å²) in [5.74, 6) is -0.629. The third kappa shape index (κ3) is 2.58. The van der Waals surface area contributed by atoms with Gasteiger partial charge >= 0.3 is 0 Å². The van der Waals surface area contributed by atoms with Gasteiger partial charge in [0.25, 0.3) is 5.91 Å². The van der Waals surface area contributed by atoms with E-state index in [9.17, 15) is 14.4 Å². The minimum Gasteiger partial charge on any atom is -0.369 e. The number of aromatic nitrogens is 1. The molecule has 0 spiro atoms. The van der Waals surface area contributed by atoms with E-state index in [4.69, 9.17) is 5.73 Å². The van der Waals surface area contributed by atoms with Crippen molar-refractivity contribution in [1.82, 2.24) is 9.88 Å². The molecule has 0 radical (unpaired) electrons. The van der Waals surface area contributed by atoms with Crippen molar-refractivity contribution < 1.29 is 9.59 Å². The molecule has 0 bridgehead atoms. The fraction of sp³-hybridized carbons (Fsp3) is 0.417. The molecule has 2 heterocycles. The van der Waals surface area contributed by atoms with Gasteiger partial charge in [-0.2, -0.15) is 0 Å². The number of H-pyrrole nitrogens is 1. The lowest BCUT2D eigenvalue weighted by molar-refractivity contribution is -0.123. The van der Waals surface area contributed by atoms with Crippen LogP contribution in [0.4, 0.5) is 0 Å². The molecule has 3 N–H and O–H groups in total. The number of hydrogen-bond acceptors (Lipinski definition) is 3. The van der Waals surface area contributed by atoms with E-state index in [2.05, 4.69) is 4.98 Å². The normalized spacial score (nSPS) is 16.6. The van der Waals surface area contributed by atoms with Gasteiger partial charge in [-0.25, -0.2) is 0 Å². The Morgan fingerprint density at radius 1 is 1.33 bits per heavy atom. The number of amides is 2. The Bertz CT molecular complexity index is 515. The summed E-state index contributed by atoms with van der Waals surface area (Å²) >= 11 is 0. The number of nitrogens with one attached hydrogen (secondary N) is 1. The number of piperidine rings is 1. The van der Waals surface area contributed by atoms with Gasteiger partial charge in [0.2, 0.25) is 11.5 Å². The Morgan fingerprint density at radius 3 is 2.56 bits per heavy atom. The van der Waals surface area contributed by atoms with Crippen molar-refractivity contribution >= 4 is 11.8 Å². The Balaban J connectivity index is 2.04. The van der Waals surface area contributed by atoms with Crippen LogP contribution in [0.25, 0.3) is 0 Å². The van der Waals surface area contributed by atoms with Gasteiger partial charge in [0.1, 0.15) is 0 Å². The second-order valence-electron chi connectivity index (χ2n) is 4.41. The Kier molecular flexibility index (Phi) is 3.45. The van der Waals surface area contributed by atoms with E-state index in [1.165, 1.54) is 12.3 Å². The number of aromatic amines is 1. The van der Waals surface area contributed by atoms with Crippen LogP contribution in [0.15, 0.2) is 23.1 Å². The average molecular weight is 249 g/mol. The van der Waals surface area contributed by atoms with Crippen molar-refractivity contribution in [3.8, 4) is 0 Å². The molecule has 1 saturated heterocycles. The zero-order valence-electron chi connectivity index (χ0n) is 9.89. The van der Waals surface area contributed by atoms with Gasteiger partial charge in [-0.15, -0.1) is 0 Å². The van der Waals surface area contributed by atoms with E-state index in [0.29, 0.717) is 31.5 Å². The molecule has 0 unspecified atom stereocenters. The maximum Gasteiger partial charge on any atom is 0.254 e. The number of carbonyl (C=O) groups is 2. The molecule has 0 saturated carbocycles. The van der Waals surface area contributed by atoms with Gasteiger partial charge in [0.05, 0.1) is 0 Å². The van der Waals surface area contributed by atoms with Crippen LogP contribution in [-0.4, -0.2) is 34.8 Å². The molecule has 1 fully saturated rings. The lowest BCUT2D eigenvalue weighted by Gasteiger charge is -2.30. The molecule has 0 atom stereocenters. The van der Waals surface area contributed by atoms with Crippen molar-refractivity contribution in [2.75, 3.05) is 13.1 Å². The average Bonchev–Trinajstić information content (AvgIpc) is 2.38. The standard InChI is InChI=1S/C12H15N3O3/c13-11(17)8-2-5-15(6-3-8)12(18)9-1-4-14-10(16)7-9/h1,4,7-8H,2-3,5-6H2,(H2,13,17)(H,14,16). The summed E-state index contributed by atoms with van der Waals surface area (Å²) in [6.45, 7) is 0.998. The maximum atomic E-state index is 12.1. The largest absolute Gasteiger partial charge is 0.369 e. The number of hydrogen-bond donors (Lipinski definition) is 2. The van der Waals surface area contributed by atoms with E-state index >= 15 is 0 Å². The first-order valence-corrected chi connectivity index (χ1v) is 5.85. The molecule has 96 valence electrons. The van der Waals surface area contributed by atoms with Gasteiger partial charge in [0.15, 0.2) is 0 Å². The first-order valence-electron chi connectivity index (χ1n) is 5.85. The highest BCUT2D eigenvalue weighted by molar-refractivity contribution is 5.94. The summed E-state index contributed by atoms with van der Waals surface area (Å²) in [7, 11) is 0. The van der Waals surface area contributed by atoms with Crippen molar-refractivity contribution in [3.05, 3.63) is 34.2 Å². The van der Waals surface area contributed by atoms with Gasteiger partial charge in [-0.05, 0) is 18.9 Å². The first-order chi connectivity index (χ1) is 8.58. The van der Waals surface area contributed by atoms with Crippen LogP contribution in [0.5, 0.6) is 0 Å². The molecular weight excluding hydrogens is 234 g/mol. The van der Waals surface area contributed by atoms with E-state index < -0.39 is 0 Å². The lowest BCUT2D eigenvalue weighted by Crippen LogP contribution is -2.41. The summed E-state index contributed by atoms with van der Waals surface area (Å²) in [5.41, 5.74) is 5.31. The maximum absolute atomic E-state index is 12.1. The lowest BCUT2D eigenvalue weighted by atomic mass is 9.96. The third-order valence-corrected chi connectivity index (χ3v) is 3.21. The number of likely N-dealkylation sites (tertiary alicyclic amines) is 1. The van der Waals surface area contributed by atoms with Crippen LogP contribution < -0.4 is 11.3 Å². The molecule has 2 amide bonds. The van der Waals surface area contributed by atoms with Crippen molar-refractivity contribution in [3.63, 3.8) is 0 Å². The number of nitrogens with zero attached hydrogens (tertiary/aromatic N) is 1. The van der Waals surface area contributed by atoms with Crippen molar-refractivity contribution in [2.24, 2.45) is 11.7 Å². The van der Waals surface area contributed by atoms with Crippen molar-refractivity contribution in [1.29, 1.82) is 0 Å². The molecule has 1 aromatic heterocycles. The third-order valence-electron chi connectivity index (χ3n) is 3.21. The summed E-state index contributed by atoms with van der Waals surface area (Å²) in [4.78, 5) is 38.3. The molecule has 2 rings (SSSR count). The second kappa shape index (κ2) is 5.03. The smallest absolute Gasteiger partial charge is 0.254 e. The topological polar surface area (TPSA) is 96.3 Å². The van der Waals surface area contributed by atoms with E-state index in [1.807, 2.05) is 0 Å². The molecule has 0 aliphatic carbocycles. The highest BCUT2D eigenvalue weighted by Gasteiger charge is 2.26. The zero-order valence-corrected chi connectivity index (χ0v) is 9.89. The zero-order chi connectivity index (χ0) is 13.1. The molecular formula is C12H15N3O3. The fourth-order valence-electron chi connectivity index (χ4n) is 2.13. The Labute approximate surface area is 104 Å². The number of carbonyl (C=O) groups excluding carboxylic acids is 2. The van der Waals surface area contributed by atoms with Crippen molar-refractivity contribution in [2.45, 2.75) is 12.8 Å².